The van der Waals surface area contributed by atoms with Crippen molar-refractivity contribution in [1.82, 2.24) is 10.5 Å². The van der Waals surface area contributed by atoms with Gasteiger partial charge in [-0.1, -0.05) is 23.7 Å². The lowest BCUT2D eigenvalue weighted by molar-refractivity contribution is 0.0732. The van der Waals surface area contributed by atoms with E-state index < -0.39 is 0 Å². The van der Waals surface area contributed by atoms with Gasteiger partial charge in [0, 0.05) is 53.3 Å². The number of nitrogens with one attached hydrogen (secondary N) is 2. The third-order valence-corrected chi connectivity index (χ3v) is 5.10. The summed E-state index contributed by atoms with van der Waals surface area (Å²) in [5.74, 6) is 0.884. The molecular formula is C23H27ClN2O3. The molecule has 1 heterocycles. The summed E-state index contributed by atoms with van der Waals surface area (Å²) in [6.07, 6.45) is 5.13. The van der Waals surface area contributed by atoms with Gasteiger partial charge < -0.3 is 14.5 Å². The van der Waals surface area contributed by atoms with Gasteiger partial charge in [0.2, 0.25) is 0 Å². The van der Waals surface area contributed by atoms with Gasteiger partial charge in [0.15, 0.2) is 0 Å². The Kier molecular flexibility index (Phi) is 7.58. The summed E-state index contributed by atoms with van der Waals surface area (Å²) in [4.78, 5) is 9.03. The number of halogens is 1. The van der Waals surface area contributed by atoms with Crippen molar-refractivity contribution in [3.63, 3.8) is 0 Å². The molecule has 0 unspecified atom stereocenters. The zero-order valence-electron chi connectivity index (χ0n) is 17.0. The van der Waals surface area contributed by atoms with Gasteiger partial charge in [-0.3, -0.25) is 10.3 Å². The van der Waals surface area contributed by atoms with Crippen LogP contribution in [0.3, 0.4) is 0 Å². The highest BCUT2D eigenvalue weighted by molar-refractivity contribution is 6.30. The van der Waals surface area contributed by atoms with E-state index >= 15 is 0 Å². The predicted molar refractivity (Wildman–Crippen MR) is 118 cm³/mol. The molecule has 154 valence electrons. The minimum atomic E-state index is 0.544. The lowest BCUT2D eigenvalue weighted by Crippen LogP contribution is -2.10. The molecule has 0 aliphatic carbocycles. The van der Waals surface area contributed by atoms with E-state index in [4.69, 9.17) is 25.9 Å². The fourth-order valence-electron chi connectivity index (χ4n) is 3.48. The number of aromatic nitrogens is 1. The number of H-pyrrole nitrogens is 1. The van der Waals surface area contributed by atoms with Gasteiger partial charge in [-0.15, -0.1) is 0 Å². The number of methoxy groups -OCH3 is 2. The van der Waals surface area contributed by atoms with E-state index in [-0.39, 0.29) is 0 Å². The smallest absolute Gasteiger partial charge is 0.123 e. The second-order valence-corrected chi connectivity index (χ2v) is 7.21. The maximum Gasteiger partial charge on any atom is 0.123 e. The number of aromatic amines is 1. The van der Waals surface area contributed by atoms with Crippen molar-refractivity contribution in [2.75, 3.05) is 27.4 Å². The molecule has 3 rings (SSSR count). The van der Waals surface area contributed by atoms with Crippen molar-refractivity contribution in [3.8, 4) is 5.75 Å². The van der Waals surface area contributed by atoms with Crippen molar-refractivity contribution < 1.29 is 14.3 Å². The summed E-state index contributed by atoms with van der Waals surface area (Å²) < 4.78 is 10.6. The molecule has 0 atom stereocenters. The van der Waals surface area contributed by atoms with Crippen LogP contribution in [0.5, 0.6) is 5.75 Å². The molecule has 6 heteroatoms. The van der Waals surface area contributed by atoms with E-state index in [2.05, 4.69) is 35.6 Å². The molecule has 0 spiro atoms. The molecule has 0 saturated carbocycles. The Hall–Kier alpha value is -2.47. The molecule has 0 aliphatic heterocycles. The predicted octanol–water partition coefficient (Wildman–Crippen LogP) is 4.95. The summed E-state index contributed by atoms with van der Waals surface area (Å²) in [7, 11) is 3.37. The topological polar surface area (TPSA) is 55.5 Å². The fraction of sp³-hybridized carbons (Fsp3) is 0.304. The van der Waals surface area contributed by atoms with Gasteiger partial charge in [-0.25, -0.2) is 0 Å². The molecule has 5 nitrogen and oxygen atoms in total. The molecule has 0 saturated heterocycles. The third kappa shape index (κ3) is 5.32. The largest absolute Gasteiger partial charge is 0.496 e. The van der Waals surface area contributed by atoms with E-state index in [9.17, 15) is 0 Å². The van der Waals surface area contributed by atoms with Crippen LogP contribution in [0.2, 0.25) is 5.02 Å². The van der Waals surface area contributed by atoms with Gasteiger partial charge in [-0.05, 0) is 48.4 Å². The van der Waals surface area contributed by atoms with Gasteiger partial charge in [0.05, 0.1) is 20.3 Å². The van der Waals surface area contributed by atoms with Crippen molar-refractivity contribution >= 4 is 22.5 Å². The van der Waals surface area contributed by atoms with Gasteiger partial charge in [0.25, 0.3) is 0 Å². The van der Waals surface area contributed by atoms with Crippen LogP contribution in [0.4, 0.5) is 0 Å². The number of rotatable bonds is 10. The molecule has 1 aromatic heterocycles. The fourth-order valence-corrected chi connectivity index (χ4v) is 3.61. The number of ether oxygens (including phenoxy) is 2. The number of hydroxylamine groups is 1. The third-order valence-electron chi connectivity index (χ3n) is 4.85. The van der Waals surface area contributed by atoms with E-state index in [1.165, 1.54) is 22.1 Å². The van der Waals surface area contributed by atoms with Crippen molar-refractivity contribution in [3.05, 3.63) is 76.1 Å². The average Bonchev–Trinajstić information content (AvgIpc) is 3.04. The van der Waals surface area contributed by atoms with Gasteiger partial charge >= 0.3 is 0 Å². The van der Waals surface area contributed by atoms with Crippen molar-refractivity contribution in [2.45, 2.75) is 19.8 Å². The Labute approximate surface area is 176 Å². The number of hydrogen-bond acceptors (Lipinski definition) is 4. The first kappa shape index (κ1) is 21.2. The Morgan fingerprint density at radius 3 is 2.59 bits per heavy atom. The van der Waals surface area contributed by atoms with Crippen molar-refractivity contribution in [1.29, 1.82) is 0 Å². The monoisotopic (exact) mass is 414 g/mol. The van der Waals surface area contributed by atoms with Crippen LogP contribution < -0.4 is 10.2 Å². The highest BCUT2D eigenvalue weighted by Crippen LogP contribution is 2.34. The van der Waals surface area contributed by atoms with E-state index in [1.807, 2.05) is 24.3 Å². The Morgan fingerprint density at radius 2 is 1.86 bits per heavy atom. The first-order valence-corrected chi connectivity index (χ1v) is 9.94. The van der Waals surface area contributed by atoms with Crippen LogP contribution >= 0.6 is 11.6 Å². The number of aryl methyl sites for hydroxylation is 1. The molecule has 0 amide bonds. The molecule has 3 aromatic rings. The van der Waals surface area contributed by atoms with E-state index in [0.29, 0.717) is 13.2 Å². The molecule has 29 heavy (non-hydrogen) atoms. The standard InChI is InChI=1S/C23H27ClN2O3/c1-16-19(11-14-29-25-12-4-13-27-2)23-20(15-17-5-7-18(24)8-6-17)22(28-3)10-9-21(23)26-16/h4-10,12,25-26H,11,13-15H2,1-3H3. The number of hydrogen-bond donors (Lipinski definition) is 2. The van der Waals surface area contributed by atoms with Gasteiger partial charge in [0.1, 0.15) is 5.75 Å². The second-order valence-electron chi connectivity index (χ2n) is 6.77. The Bertz CT molecular complexity index is 964. The Balaban J connectivity index is 1.85. The molecule has 2 aromatic carbocycles. The normalized spacial score (nSPS) is 11.4. The zero-order chi connectivity index (χ0) is 20.6. The van der Waals surface area contributed by atoms with Crippen LogP contribution in [0.1, 0.15) is 22.4 Å². The lowest BCUT2D eigenvalue weighted by atomic mass is 9.96. The number of fused-ring (bicyclic) bond motifs is 1. The first-order valence-electron chi connectivity index (χ1n) is 9.56. The summed E-state index contributed by atoms with van der Waals surface area (Å²) in [5.41, 5.74) is 8.67. The maximum atomic E-state index is 6.05. The molecular weight excluding hydrogens is 388 g/mol. The summed E-state index contributed by atoms with van der Waals surface area (Å²) >= 11 is 6.05. The molecule has 2 N–H and O–H groups in total. The number of benzene rings is 2. The van der Waals surface area contributed by atoms with Crippen LogP contribution in [-0.2, 0) is 22.4 Å². The molecule has 0 fully saturated rings. The zero-order valence-corrected chi connectivity index (χ0v) is 17.8. The quantitative estimate of drug-likeness (QED) is 0.364. The molecule has 0 bridgehead atoms. The van der Waals surface area contributed by atoms with Crippen LogP contribution in [-0.4, -0.2) is 32.4 Å². The van der Waals surface area contributed by atoms with Crippen molar-refractivity contribution in [2.24, 2.45) is 0 Å². The lowest BCUT2D eigenvalue weighted by Gasteiger charge is -2.13. The minimum absolute atomic E-state index is 0.544. The highest BCUT2D eigenvalue weighted by Gasteiger charge is 2.16. The summed E-state index contributed by atoms with van der Waals surface area (Å²) in [6.45, 7) is 3.19. The molecule has 0 aliphatic rings. The SMILES string of the molecule is COCC=CNOCCc1c(C)[nH]c2ccc(OC)c(Cc3ccc(Cl)cc3)c12. The van der Waals surface area contributed by atoms with Gasteiger partial charge in [-0.2, -0.15) is 0 Å². The van der Waals surface area contributed by atoms with Crippen LogP contribution in [0.25, 0.3) is 10.9 Å². The summed E-state index contributed by atoms with van der Waals surface area (Å²) in [5, 5.41) is 1.94. The van der Waals surface area contributed by atoms with Crippen LogP contribution in [0, 0.1) is 6.92 Å². The van der Waals surface area contributed by atoms with Crippen LogP contribution in [0.15, 0.2) is 48.7 Å². The first-order chi connectivity index (χ1) is 14.1. The highest BCUT2D eigenvalue weighted by atomic mass is 35.5. The van der Waals surface area contributed by atoms with E-state index in [1.54, 1.807) is 20.4 Å². The minimum Gasteiger partial charge on any atom is -0.496 e. The second kappa shape index (κ2) is 10.3. The van der Waals surface area contributed by atoms with E-state index in [0.717, 1.165) is 34.8 Å². The maximum absolute atomic E-state index is 6.05. The Morgan fingerprint density at radius 1 is 1.07 bits per heavy atom. The average molecular weight is 415 g/mol. The molecule has 0 radical (unpaired) electrons. The summed E-state index contributed by atoms with van der Waals surface area (Å²) in [6, 6.07) is 12.0.